The molecule has 2 aliphatic rings. The summed E-state index contributed by atoms with van der Waals surface area (Å²) >= 11 is 0. The van der Waals surface area contributed by atoms with Crippen LogP contribution in [0.3, 0.4) is 0 Å². The average molecular weight is 410 g/mol. The largest absolute Gasteiger partial charge is 0.507 e. The number of morpholine rings is 1. The average Bonchev–Trinajstić information content (AvgIpc) is 3.36. The van der Waals surface area contributed by atoms with Crippen LogP contribution in [0.1, 0.15) is 28.5 Å². The maximum Gasteiger partial charge on any atom is 0.295 e. The number of furan rings is 1. The van der Waals surface area contributed by atoms with E-state index in [9.17, 15) is 14.7 Å². The number of amides is 1. The number of ether oxygens (including phenoxy) is 1. The van der Waals surface area contributed by atoms with Gasteiger partial charge in [-0.25, -0.2) is 0 Å². The first-order valence-electron chi connectivity index (χ1n) is 10.2. The van der Waals surface area contributed by atoms with Crippen molar-refractivity contribution < 1.29 is 23.8 Å². The van der Waals surface area contributed by atoms with Gasteiger partial charge in [-0.3, -0.25) is 14.5 Å². The molecule has 2 aliphatic heterocycles. The molecule has 1 atom stereocenters. The van der Waals surface area contributed by atoms with Crippen molar-refractivity contribution in [3.8, 4) is 0 Å². The van der Waals surface area contributed by atoms with E-state index in [2.05, 4.69) is 4.90 Å². The Kier molecular flexibility index (Phi) is 5.74. The zero-order valence-corrected chi connectivity index (χ0v) is 17.3. The Hall–Kier alpha value is -2.90. The molecular formula is C23H26N2O5. The summed E-state index contributed by atoms with van der Waals surface area (Å²) in [6.07, 6.45) is 1.51. The highest BCUT2D eigenvalue weighted by Gasteiger charge is 2.47. The molecule has 0 radical (unpaired) electrons. The summed E-state index contributed by atoms with van der Waals surface area (Å²) in [7, 11) is 0. The quantitative estimate of drug-likeness (QED) is 0.464. The summed E-state index contributed by atoms with van der Waals surface area (Å²) < 4.78 is 11.0. The summed E-state index contributed by atoms with van der Waals surface area (Å²) in [6.45, 7) is 7.67. The summed E-state index contributed by atoms with van der Waals surface area (Å²) in [5, 5.41) is 11.1. The third kappa shape index (κ3) is 3.78. The third-order valence-corrected chi connectivity index (χ3v) is 5.76. The van der Waals surface area contributed by atoms with Gasteiger partial charge >= 0.3 is 0 Å². The van der Waals surface area contributed by atoms with Crippen LogP contribution >= 0.6 is 0 Å². The molecular weight excluding hydrogens is 384 g/mol. The van der Waals surface area contributed by atoms with E-state index in [4.69, 9.17) is 9.15 Å². The Labute approximate surface area is 175 Å². The van der Waals surface area contributed by atoms with E-state index < -0.39 is 17.7 Å². The van der Waals surface area contributed by atoms with E-state index in [0.29, 0.717) is 37.6 Å². The molecule has 3 heterocycles. The number of aliphatic hydroxyl groups is 1. The van der Waals surface area contributed by atoms with Crippen molar-refractivity contribution in [1.29, 1.82) is 0 Å². The number of hydrogen-bond acceptors (Lipinski definition) is 6. The molecule has 0 saturated carbocycles. The molecule has 0 spiro atoms. The second-order valence-electron chi connectivity index (χ2n) is 7.78. The van der Waals surface area contributed by atoms with Crippen LogP contribution < -0.4 is 0 Å². The Morgan fingerprint density at radius 3 is 2.60 bits per heavy atom. The van der Waals surface area contributed by atoms with Crippen LogP contribution in [0, 0.1) is 13.8 Å². The van der Waals surface area contributed by atoms with Crippen LogP contribution in [-0.4, -0.2) is 66.0 Å². The first-order chi connectivity index (χ1) is 14.5. The Balaban J connectivity index is 1.73. The maximum absolute atomic E-state index is 13.0. The Morgan fingerprint density at radius 1 is 1.13 bits per heavy atom. The van der Waals surface area contributed by atoms with Gasteiger partial charge in [0, 0.05) is 31.7 Å². The molecule has 158 valence electrons. The summed E-state index contributed by atoms with van der Waals surface area (Å²) in [6, 6.07) is 8.35. The minimum absolute atomic E-state index is 0.0747. The summed E-state index contributed by atoms with van der Waals surface area (Å²) in [4.78, 5) is 29.6. The number of likely N-dealkylation sites (tertiary alicyclic amines) is 1. The number of nitrogens with zero attached hydrogens (tertiary/aromatic N) is 2. The number of rotatable bonds is 5. The number of aryl methyl sites for hydroxylation is 2. The molecule has 4 rings (SSSR count). The molecule has 0 unspecified atom stereocenters. The van der Waals surface area contributed by atoms with Crippen molar-refractivity contribution in [2.24, 2.45) is 0 Å². The van der Waals surface area contributed by atoms with Gasteiger partial charge in [0.15, 0.2) is 0 Å². The monoisotopic (exact) mass is 410 g/mol. The second kappa shape index (κ2) is 8.45. The van der Waals surface area contributed by atoms with Crippen LogP contribution in [0.4, 0.5) is 0 Å². The zero-order valence-electron chi connectivity index (χ0n) is 17.3. The minimum atomic E-state index is -0.749. The van der Waals surface area contributed by atoms with E-state index in [0.717, 1.165) is 24.2 Å². The molecule has 1 aromatic carbocycles. The normalized spacial score (nSPS) is 22.1. The SMILES string of the molecule is Cc1ccc(C)c(C(O)=C2C(=O)C(=O)N(CCN3CCOCC3)[C@H]2c2ccco2)c1. The molecule has 30 heavy (non-hydrogen) atoms. The number of carbonyl (C=O) groups excluding carboxylic acids is 2. The molecule has 2 saturated heterocycles. The predicted molar refractivity (Wildman–Crippen MR) is 111 cm³/mol. The molecule has 0 aliphatic carbocycles. The molecule has 1 aromatic heterocycles. The van der Waals surface area contributed by atoms with E-state index in [-0.39, 0.29) is 11.3 Å². The number of aliphatic hydroxyl groups excluding tert-OH is 1. The maximum atomic E-state index is 13.0. The first-order valence-corrected chi connectivity index (χ1v) is 10.2. The van der Waals surface area contributed by atoms with Crippen molar-refractivity contribution in [3.05, 3.63) is 64.6 Å². The standard InChI is InChI=1S/C23H26N2O5/c1-15-5-6-16(2)17(14-15)21(26)19-20(18-4-3-11-30-18)25(23(28)22(19)27)8-7-24-9-12-29-13-10-24/h3-6,11,14,20,26H,7-10,12-13H2,1-2H3/t20-/m0/s1. The van der Waals surface area contributed by atoms with Crippen molar-refractivity contribution in [2.45, 2.75) is 19.9 Å². The molecule has 7 nitrogen and oxygen atoms in total. The highest BCUT2D eigenvalue weighted by atomic mass is 16.5. The summed E-state index contributed by atoms with van der Waals surface area (Å²) in [5.41, 5.74) is 2.41. The van der Waals surface area contributed by atoms with Gasteiger partial charge in [0.1, 0.15) is 17.6 Å². The van der Waals surface area contributed by atoms with Crippen molar-refractivity contribution in [1.82, 2.24) is 9.80 Å². The number of hydrogen-bond donors (Lipinski definition) is 1. The first kappa shape index (κ1) is 20.4. The fourth-order valence-corrected chi connectivity index (χ4v) is 4.06. The Morgan fingerprint density at radius 2 is 1.90 bits per heavy atom. The highest BCUT2D eigenvalue weighted by molar-refractivity contribution is 6.46. The van der Waals surface area contributed by atoms with Crippen LogP contribution in [-0.2, 0) is 14.3 Å². The molecule has 2 fully saturated rings. The van der Waals surface area contributed by atoms with Crippen molar-refractivity contribution >= 4 is 17.4 Å². The fraction of sp³-hybridized carbons (Fsp3) is 0.391. The van der Waals surface area contributed by atoms with E-state index >= 15 is 0 Å². The van der Waals surface area contributed by atoms with Crippen LogP contribution in [0.5, 0.6) is 0 Å². The molecule has 0 bridgehead atoms. The van der Waals surface area contributed by atoms with Crippen molar-refractivity contribution in [2.75, 3.05) is 39.4 Å². The number of carbonyl (C=O) groups is 2. The number of Topliss-reactive ketones (excluding diaryl/α,β-unsaturated/α-hetero) is 1. The van der Waals surface area contributed by atoms with Gasteiger partial charge < -0.3 is 19.2 Å². The number of ketones is 1. The van der Waals surface area contributed by atoms with Crippen LogP contribution in [0.2, 0.25) is 0 Å². The molecule has 7 heteroatoms. The third-order valence-electron chi connectivity index (χ3n) is 5.76. The lowest BCUT2D eigenvalue weighted by Crippen LogP contribution is -2.42. The molecule has 1 N–H and O–H groups in total. The van der Waals surface area contributed by atoms with Gasteiger partial charge in [0.25, 0.3) is 11.7 Å². The summed E-state index contributed by atoms with van der Waals surface area (Å²) in [5.74, 6) is -0.999. The lowest BCUT2D eigenvalue weighted by molar-refractivity contribution is -0.140. The number of benzene rings is 1. The van der Waals surface area contributed by atoms with Crippen LogP contribution in [0.15, 0.2) is 46.6 Å². The van der Waals surface area contributed by atoms with Gasteiger partial charge in [0.2, 0.25) is 0 Å². The second-order valence-corrected chi connectivity index (χ2v) is 7.78. The fourth-order valence-electron chi connectivity index (χ4n) is 4.06. The predicted octanol–water partition coefficient (Wildman–Crippen LogP) is 2.65. The highest BCUT2D eigenvalue weighted by Crippen LogP contribution is 2.40. The Bertz CT molecular complexity index is 973. The van der Waals surface area contributed by atoms with Crippen LogP contribution in [0.25, 0.3) is 5.76 Å². The van der Waals surface area contributed by atoms with Crippen molar-refractivity contribution in [3.63, 3.8) is 0 Å². The topological polar surface area (TPSA) is 83.2 Å². The van der Waals surface area contributed by atoms with Gasteiger partial charge in [0.05, 0.1) is 25.1 Å². The zero-order chi connectivity index (χ0) is 21.3. The van der Waals surface area contributed by atoms with Gasteiger partial charge in [-0.15, -0.1) is 0 Å². The van der Waals surface area contributed by atoms with E-state index in [1.165, 1.54) is 11.2 Å². The smallest absolute Gasteiger partial charge is 0.295 e. The lowest BCUT2D eigenvalue weighted by Gasteiger charge is -2.30. The molecule has 2 aromatic rings. The van der Waals surface area contributed by atoms with Gasteiger partial charge in [-0.05, 0) is 37.6 Å². The van der Waals surface area contributed by atoms with E-state index in [1.807, 2.05) is 32.0 Å². The lowest BCUT2D eigenvalue weighted by atomic mass is 9.96. The van der Waals surface area contributed by atoms with Gasteiger partial charge in [-0.2, -0.15) is 0 Å². The van der Waals surface area contributed by atoms with E-state index in [1.54, 1.807) is 12.1 Å². The van der Waals surface area contributed by atoms with Gasteiger partial charge in [-0.1, -0.05) is 17.7 Å². The minimum Gasteiger partial charge on any atom is -0.507 e. The molecule has 1 amide bonds.